The van der Waals surface area contributed by atoms with Gasteiger partial charge in [-0.2, -0.15) is 4.39 Å². The molecule has 0 unspecified atom stereocenters. The Hall–Kier alpha value is -0.650. The molecule has 16 heavy (non-hydrogen) atoms. The van der Waals surface area contributed by atoms with E-state index in [1.165, 1.54) is 12.1 Å². The second kappa shape index (κ2) is 5.61. The van der Waals surface area contributed by atoms with Crippen LogP contribution in [-0.2, 0) is 0 Å². The first-order valence-corrected chi connectivity index (χ1v) is 4.97. The Bertz CT molecular complexity index is 400. The summed E-state index contributed by atoms with van der Waals surface area (Å²) in [5.41, 5.74) is 2.00. The maximum absolute atomic E-state index is 12.4. The van der Waals surface area contributed by atoms with Crippen LogP contribution in [0.1, 0.15) is 0 Å². The van der Waals surface area contributed by atoms with Crippen molar-refractivity contribution in [1.82, 2.24) is 0 Å². The number of alkyl halides is 2. The van der Waals surface area contributed by atoms with Crippen molar-refractivity contribution < 1.29 is 13.2 Å². The number of rotatable bonds is 3. The topological polar surface area (TPSA) is 24.4 Å². The van der Waals surface area contributed by atoms with Crippen LogP contribution in [0.15, 0.2) is 17.2 Å². The van der Waals surface area contributed by atoms with E-state index in [4.69, 9.17) is 34.8 Å². The zero-order valence-corrected chi connectivity index (χ0v) is 9.71. The molecule has 0 aliphatic rings. The van der Waals surface area contributed by atoms with Crippen molar-refractivity contribution in [2.45, 2.75) is 6.43 Å². The van der Waals surface area contributed by atoms with Gasteiger partial charge in [-0.05, 0) is 12.1 Å². The molecular formula is C8H4Cl3F3N2. The summed E-state index contributed by atoms with van der Waals surface area (Å²) in [5.74, 6) is -1.86. The van der Waals surface area contributed by atoms with Crippen LogP contribution in [0, 0.1) is 0 Å². The Morgan fingerprint density at radius 1 is 1.19 bits per heavy atom. The molecule has 8 heteroatoms. The summed E-state index contributed by atoms with van der Waals surface area (Å²) in [6.07, 6.45) is -3.29. The van der Waals surface area contributed by atoms with Crippen molar-refractivity contribution in [3.63, 3.8) is 0 Å². The summed E-state index contributed by atoms with van der Waals surface area (Å²) in [6.45, 7) is 0. The normalized spacial score (nSPS) is 12.1. The Labute approximate surface area is 104 Å². The summed E-state index contributed by atoms with van der Waals surface area (Å²) >= 11 is 17.0. The van der Waals surface area contributed by atoms with Crippen molar-refractivity contribution in [3.05, 3.63) is 27.2 Å². The number of hydrogen-bond donors (Lipinski definition) is 1. The summed E-state index contributed by atoms with van der Waals surface area (Å²) in [6, 6.07) is 2.63. The molecule has 1 N–H and O–H groups in total. The molecule has 1 aromatic carbocycles. The van der Waals surface area contributed by atoms with E-state index in [2.05, 4.69) is 5.10 Å². The SMILES string of the molecule is FC(=NNc1c(Cl)cc(Cl)cc1Cl)C(F)F. The van der Waals surface area contributed by atoms with E-state index in [-0.39, 0.29) is 20.8 Å². The highest BCUT2D eigenvalue weighted by molar-refractivity contribution is 6.41. The molecule has 0 spiro atoms. The molecule has 0 heterocycles. The lowest BCUT2D eigenvalue weighted by Crippen LogP contribution is -2.06. The monoisotopic (exact) mass is 290 g/mol. The van der Waals surface area contributed by atoms with Gasteiger partial charge in [0.1, 0.15) is 0 Å². The average Bonchev–Trinajstić information content (AvgIpc) is 2.15. The molecule has 1 rings (SSSR count). The molecule has 0 bridgehead atoms. The van der Waals surface area contributed by atoms with Crippen LogP contribution >= 0.6 is 34.8 Å². The molecule has 0 aliphatic carbocycles. The molecule has 0 saturated carbocycles. The molecule has 0 amide bonds. The van der Waals surface area contributed by atoms with Gasteiger partial charge in [-0.25, -0.2) is 8.78 Å². The Morgan fingerprint density at radius 2 is 1.69 bits per heavy atom. The predicted octanol–water partition coefficient (Wildman–Crippen LogP) is 4.61. The largest absolute Gasteiger partial charge is 0.308 e. The molecule has 88 valence electrons. The zero-order valence-electron chi connectivity index (χ0n) is 7.45. The van der Waals surface area contributed by atoms with Gasteiger partial charge in [0.2, 0.25) is 0 Å². The second-order valence-electron chi connectivity index (χ2n) is 2.59. The van der Waals surface area contributed by atoms with Crippen LogP contribution in [0.3, 0.4) is 0 Å². The summed E-state index contributed by atoms with van der Waals surface area (Å²) < 4.78 is 35.9. The molecule has 0 fully saturated rings. The van der Waals surface area contributed by atoms with E-state index in [9.17, 15) is 13.2 Å². The molecule has 1 aromatic rings. The van der Waals surface area contributed by atoms with E-state index in [0.29, 0.717) is 0 Å². The van der Waals surface area contributed by atoms with Crippen LogP contribution in [-0.4, -0.2) is 12.4 Å². The van der Waals surface area contributed by atoms with E-state index in [0.717, 1.165) is 0 Å². The van der Waals surface area contributed by atoms with Gasteiger partial charge >= 0.3 is 6.43 Å². The molecule has 0 radical (unpaired) electrons. The summed E-state index contributed by atoms with van der Waals surface area (Å²) in [5, 5.41) is 3.14. The predicted molar refractivity (Wildman–Crippen MR) is 59.6 cm³/mol. The minimum atomic E-state index is -3.29. The second-order valence-corrected chi connectivity index (χ2v) is 3.84. The maximum atomic E-state index is 12.4. The first-order valence-electron chi connectivity index (χ1n) is 3.83. The quantitative estimate of drug-likeness (QED) is 0.638. The van der Waals surface area contributed by atoms with Gasteiger partial charge in [-0.3, -0.25) is 5.43 Å². The van der Waals surface area contributed by atoms with Gasteiger partial charge in [-0.15, -0.1) is 5.10 Å². The maximum Gasteiger partial charge on any atom is 0.308 e. The van der Waals surface area contributed by atoms with E-state index < -0.39 is 12.4 Å². The Morgan fingerprint density at radius 3 is 2.12 bits per heavy atom. The minimum absolute atomic E-state index is 0.00327. The first kappa shape index (κ1) is 13.4. The van der Waals surface area contributed by atoms with Gasteiger partial charge in [-0.1, -0.05) is 34.8 Å². The summed E-state index contributed by atoms with van der Waals surface area (Å²) in [7, 11) is 0. The minimum Gasteiger partial charge on any atom is -0.273 e. The smallest absolute Gasteiger partial charge is 0.273 e. The van der Waals surface area contributed by atoms with Crippen molar-refractivity contribution in [2.75, 3.05) is 5.43 Å². The van der Waals surface area contributed by atoms with Crippen molar-refractivity contribution in [2.24, 2.45) is 5.10 Å². The molecule has 0 aromatic heterocycles. The average molecular weight is 291 g/mol. The van der Waals surface area contributed by atoms with Crippen LogP contribution in [0.5, 0.6) is 0 Å². The van der Waals surface area contributed by atoms with Gasteiger partial charge in [0, 0.05) is 5.02 Å². The fourth-order valence-electron chi connectivity index (χ4n) is 0.807. The van der Waals surface area contributed by atoms with E-state index >= 15 is 0 Å². The van der Waals surface area contributed by atoms with Crippen LogP contribution < -0.4 is 5.43 Å². The molecular weight excluding hydrogens is 287 g/mol. The first-order chi connectivity index (χ1) is 7.41. The molecule has 0 saturated heterocycles. The standard InChI is InChI=1S/C8H4Cl3F3N2/c9-3-1-4(10)6(5(11)2-3)15-16-8(14)7(12)13/h1-2,7,15H. The lowest BCUT2D eigenvalue weighted by molar-refractivity contribution is 0.211. The fraction of sp³-hybridized carbons (Fsp3) is 0.125. The summed E-state index contributed by atoms with van der Waals surface area (Å²) in [4.78, 5) is 0. The van der Waals surface area contributed by atoms with E-state index in [1.807, 2.05) is 5.43 Å². The van der Waals surface area contributed by atoms with Crippen molar-refractivity contribution >= 4 is 46.5 Å². The van der Waals surface area contributed by atoms with E-state index in [1.54, 1.807) is 0 Å². The number of hydrogen-bond acceptors (Lipinski definition) is 2. The number of anilines is 1. The van der Waals surface area contributed by atoms with Gasteiger partial charge in [0.25, 0.3) is 5.97 Å². The molecule has 2 nitrogen and oxygen atoms in total. The lowest BCUT2D eigenvalue weighted by Gasteiger charge is -2.06. The van der Waals surface area contributed by atoms with Gasteiger partial charge in [0.15, 0.2) is 0 Å². The van der Waals surface area contributed by atoms with Crippen LogP contribution in [0.25, 0.3) is 0 Å². The van der Waals surface area contributed by atoms with Gasteiger partial charge in [0.05, 0.1) is 15.7 Å². The van der Waals surface area contributed by atoms with Crippen molar-refractivity contribution in [1.29, 1.82) is 0 Å². The third-order valence-corrected chi connectivity index (χ3v) is 2.28. The Kier molecular flexibility index (Phi) is 4.70. The number of benzene rings is 1. The lowest BCUT2D eigenvalue weighted by atomic mass is 10.3. The number of halogens is 6. The number of hydrazone groups is 1. The number of nitrogens with zero attached hydrogens (tertiary/aromatic N) is 1. The fourth-order valence-corrected chi connectivity index (χ4v) is 1.71. The molecule has 0 atom stereocenters. The number of nitrogens with one attached hydrogen (secondary N) is 1. The Balaban J connectivity index is 2.94. The highest BCUT2D eigenvalue weighted by Crippen LogP contribution is 2.33. The third-order valence-electron chi connectivity index (χ3n) is 1.46. The highest BCUT2D eigenvalue weighted by Gasteiger charge is 2.13. The van der Waals surface area contributed by atoms with Crippen LogP contribution in [0.4, 0.5) is 18.9 Å². The van der Waals surface area contributed by atoms with Crippen LogP contribution in [0.2, 0.25) is 15.1 Å². The molecule has 0 aliphatic heterocycles. The highest BCUT2D eigenvalue weighted by atomic mass is 35.5. The zero-order chi connectivity index (χ0) is 12.3. The van der Waals surface area contributed by atoms with Crippen molar-refractivity contribution in [3.8, 4) is 0 Å². The third kappa shape index (κ3) is 3.43. The van der Waals surface area contributed by atoms with Gasteiger partial charge < -0.3 is 0 Å².